The van der Waals surface area contributed by atoms with Gasteiger partial charge in [0.2, 0.25) is 11.8 Å². The van der Waals surface area contributed by atoms with Crippen LogP contribution in [0.1, 0.15) is 10.4 Å². The first-order valence-electron chi connectivity index (χ1n) is 8.70. The number of hydrogen-bond acceptors (Lipinski definition) is 5. The second-order valence-electron chi connectivity index (χ2n) is 6.12. The van der Waals surface area contributed by atoms with Gasteiger partial charge in [0.15, 0.2) is 0 Å². The third-order valence-electron chi connectivity index (χ3n) is 4.07. The summed E-state index contributed by atoms with van der Waals surface area (Å²) < 4.78 is 0. The van der Waals surface area contributed by atoms with Gasteiger partial charge in [0, 0.05) is 0 Å². The number of anilines is 1. The third-order valence-corrected chi connectivity index (χ3v) is 4.40. The number of rotatable bonds is 6. The van der Waals surface area contributed by atoms with Gasteiger partial charge in [-0.2, -0.15) is 0 Å². The summed E-state index contributed by atoms with van der Waals surface area (Å²) in [5.74, 6) is -1.74. The molecule has 0 aliphatic rings. The molecule has 10 nitrogen and oxygen atoms in total. The molecule has 0 radical (unpaired) electrons. The zero-order valence-corrected chi connectivity index (χ0v) is 16.1. The summed E-state index contributed by atoms with van der Waals surface area (Å²) >= 11 is 5.92. The number of amides is 3. The number of aromatic nitrogens is 2. The maximum atomic E-state index is 12.1. The van der Waals surface area contributed by atoms with Crippen LogP contribution in [0, 0.1) is 0 Å². The second kappa shape index (κ2) is 9.05. The van der Waals surface area contributed by atoms with Crippen LogP contribution in [0.4, 0.5) is 5.69 Å². The van der Waals surface area contributed by atoms with Crippen LogP contribution in [0.15, 0.2) is 52.1 Å². The Labute approximate surface area is 173 Å². The van der Waals surface area contributed by atoms with E-state index in [1.54, 1.807) is 18.2 Å². The molecule has 0 fully saturated rings. The molecular formula is C19H16ClN5O5. The molecule has 0 saturated heterocycles. The lowest BCUT2D eigenvalue weighted by Crippen LogP contribution is -2.40. The molecule has 0 aliphatic heterocycles. The fourth-order valence-corrected chi connectivity index (χ4v) is 2.89. The van der Waals surface area contributed by atoms with Crippen LogP contribution in [0.25, 0.3) is 10.8 Å². The van der Waals surface area contributed by atoms with E-state index >= 15 is 0 Å². The summed E-state index contributed by atoms with van der Waals surface area (Å²) in [5.41, 5.74) is -0.734. The Morgan fingerprint density at radius 3 is 2.30 bits per heavy atom. The first-order chi connectivity index (χ1) is 14.4. The Kier molecular flexibility index (Phi) is 6.28. The number of halogens is 1. The SMILES string of the molecule is O=C(CNC(=O)c1ccccc1Cl)NCC(=O)Nc1cccc2c(=O)[nH][nH]c(=O)c12. The average molecular weight is 430 g/mol. The number of carbonyl (C=O) groups is 3. The van der Waals surface area contributed by atoms with E-state index in [2.05, 4.69) is 26.1 Å². The third kappa shape index (κ3) is 4.73. The van der Waals surface area contributed by atoms with Crippen molar-refractivity contribution in [3.8, 4) is 0 Å². The number of nitrogens with one attached hydrogen (secondary N) is 5. The Hall–Kier alpha value is -3.92. The molecule has 0 atom stereocenters. The number of fused-ring (bicyclic) bond motifs is 1. The zero-order chi connectivity index (χ0) is 21.7. The van der Waals surface area contributed by atoms with E-state index < -0.39 is 35.4 Å². The first-order valence-corrected chi connectivity index (χ1v) is 9.07. The van der Waals surface area contributed by atoms with Crippen LogP contribution in [-0.4, -0.2) is 41.0 Å². The van der Waals surface area contributed by atoms with Crippen molar-refractivity contribution in [2.75, 3.05) is 18.4 Å². The fraction of sp³-hybridized carbons (Fsp3) is 0.105. The quantitative estimate of drug-likeness (QED) is 0.383. The van der Waals surface area contributed by atoms with Crippen LogP contribution in [0.3, 0.4) is 0 Å². The Morgan fingerprint density at radius 1 is 0.833 bits per heavy atom. The minimum absolute atomic E-state index is 0.0212. The summed E-state index contributed by atoms with van der Waals surface area (Å²) in [6, 6.07) is 10.8. The van der Waals surface area contributed by atoms with Crippen molar-refractivity contribution < 1.29 is 14.4 Å². The molecule has 1 aromatic heterocycles. The topological polar surface area (TPSA) is 153 Å². The van der Waals surface area contributed by atoms with Gasteiger partial charge in [0.1, 0.15) is 0 Å². The highest BCUT2D eigenvalue weighted by molar-refractivity contribution is 6.33. The van der Waals surface area contributed by atoms with Gasteiger partial charge in [-0.15, -0.1) is 0 Å². The number of hydrogen-bond donors (Lipinski definition) is 5. The molecule has 0 aliphatic carbocycles. The van der Waals surface area contributed by atoms with Crippen molar-refractivity contribution in [1.82, 2.24) is 20.8 Å². The molecule has 0 unspecified atom stereocenters. The number of aromatic amines is 2. The normalized spacial score (nSPS) is 10.4. The maximum Gasteiger partial charge on any atom is 0.272 e. The van der Waals surface area contributed by atoms with E-state index in [0.717, 1.165) is 0 Å². The van der Waals surface area contributed by atoms with E-state index in [9.17, 15) is 24.0 Å². The van der Waals surface area contributed by atoms with Crippen molar-refractivity contribution in [3.63, 3.8) is 0 Å². The second-order valence-corrected chi connectivity index (χ2v) is 6.53. The Morgan fingerprint density at radius 2 is 1.53 bits per heavy atom. The molecule has 1 heterocycles. The van der Waals surface area contributed by atoms with Gasteiger partial charge in [-0.1, -0.05) is 29.8 Å². The number of benzene rings is 2. The lowest BCUT2D eigenvalue weighted by atomic mass is 10.1. The van der Waals surface area contributed by atoms with Gasteiger partial charge in [0.05, 0.1) is 40.1 Å². The molecular weight excluding hydrogens is 414 g/mol. The summed E-state index contributed by atoms with van der Waals surface area (Å²) in [6.45, 7) is -0.765. The molecule has 2 aromatic carbocycles. The monoisotopic (exact) mass is 429 g/mol. The highest BCUT2D eigenvalue weighted by Crippen LogP contribution is 2.16. The molecule has 3 rings (SSSR count). The van der Waals surface area contributed by atoms with Crippen molar-refractivity contribution in [2.24, 2.45) is 0 Å². The van der Waals surface area contributed by atoms with Gasteiger partial charge in [-0.25, -0.2) is 0 Å². The van der Waals surface area contributed by atoms with Crippen LogP contribution >= 0.6 is 11.6 Å². The predicted octanol–water partition coefficient (Wildman–Crippen LogP) is 0.354. The van der Waals surface area contributed by atoms with Gasteiger partial charge in [-0.05, 0) is 24.3 Å². The Bertz CT molecular complexity index is 1250. The average Bonchev–Trinajstić information content (AvgIpc) is 2.73. The number of carbonyl (C=O) groups excluding carboxylic acids is 3. The van der Waals surface area contributed by atoms with Crippen molar-refractivity contribution in [2.45, 2.75) is 0 Å². The lowest BCUT2D eigenvalue weighted by Gasteiger charge is -2.09. The van der Waals surface area contributed by atoms with Gasteiger partial charge in [-0.3, -0.25) is 34.2 Å². The number of H-pyrrole nitrogens is 2. The minimum atomic E-state index is -0.618. The van der Waals surface area contributed by atoms with Gasteiger partial charge >= 0.3 is 0 Å². The van der Waals surface area contributed by atoms with Gasteiger partial charge < -0.3 is 16.0 Å². The summed E-state index contributed by atoms with van der Waals surface area (Å²) in [4.78, 5) is 59.8. The van der Waals surface area contributed by atoms with Crippen LogP contribution in [0.5, 0.6) is 0 Å². The van der Waals surface area contributed by atoms with Crippen LogP contribution in [-0.2, 0) is 9.59 Å². The molecule has 0 saturated carbocycles. The first kappa shape index (κ1) is 20.8. The smallest absolute Gasteiger partial charge is 0.272 e. The van der Waals surface area contributed by atoms with Crippen LogP contribution < -0.4 is 27.1 Å². The predicted molar refractivity (Wildman–Crippen MR) is 111 cm³/mol. The highest BCUT2D eigenvalue weighted by atomic mass is 35.5. The van der Waals surface area contributed by atoms with Crippen molar-refractivity contribution in [1.29, 1.82) is 0 Å². The Balaban J connectivity index is 1.56. The molecule has 3 aromatic rings. The largest absolute Gasteiger partial charge is 0.345 e. The molecule has 11 heteroatoms. The zero-order valence-electron chi connectivity index (χ0n) is 15.4. The fourth-order valence-electron chi connectivity index (χ4n) is 2.67. The van der Waals surface area contributed by atoms with Crippen LogP contribution in [0.2, 0.25) is 5.02 Å². The summed E-state index contributed by atoms with van der Waals surface area (Å²) in [5, 5.41) is 12.0. The van der Waals surface area contributed by atoms with E-state index in [1.807, 2.05) is 0 Å². The van der Waals surface area contributed by atoms with E-state index in [1.165, 1.54) is 24.3 Å². The molecule has 5 N–H and O–H groups in total. The van der Waals surface area contributed by atoms with Crippen molar-refractivity contribution in [3.05, 3.63) is 73.8 Å². The molecule has 30 heavy (non-hydrogen) atoms. The highest BCUT2D eigenvalue weighted by Gasteiger charge is 2.13. The maximum absolute atomic E-state index is 12.1. The van der Waals surface area contributed by atoms with Crippen molar-refractivity contribution >= 4 is 45.8 Å². The van der Waals surface area contributed by atoms with E-state index in [-0.39, 0.29) is 33.6 Å². The standard InChI is InChI=1S/C19H16ClN5O5/c20-12-6-2-1-4-10(12)17(28)22-8-14(26)21-9-15(27)23-13-7-3-5-11-16(13)19(30)25-24-18(11)29/h1-7H,8-9H2,(H,21,26)(H,22,28)(H,23,27)(H,24,29)(H,25,30). The van der Waals surface area contributed by atoms with E-state index in [4.69, 9.17) is 11.6 Å². The minimum Gasteiger partial charge on any atom is -0.345 e. The summed E-state index contributed by atoms with van der Waals surface area (Å²) in [7, 11) is 0. The summed E-state index contributed by atoms with van der Waals surface area (Å²) in [6.07, 6.45) is 0. The molecule has 3 amide bonds. The van der Waals surface area contributed by atoms with E-state index in [0.29, 0.717) is 0 Å². The lowest BCUT2D eigenvalue weighted by molar-refractivity contribution is -0.123. The van der Waals surface area contributed by atoms with Gasteiger partial charge in [0.25, 0.3) is 17.0 Å². The molecule has 0 bridgehead atoms. The molecule has 0 spiro atoms. The molecule has 154 valence electrons.